The van der Waals surface area contributed by atoms with Gasteiger partial charge in [-0.15, -0.1) is 0 Å². The van der Waals surface area contributed by atoms with Gasteiger partial charge >= 0.3 is 5.97 Å². The molecular weight excluding hydrogens is 408 g/mol. The number of carbonyl (C=O) groups is 4. The van der Waals surface area contributed by atoms with E-state index in [0.717, 1.165) is 31.2 Å². The van der Waals surface area contributed by atoms with Crippen LogP contribution in [0.2, 0.25) is 0 Å². The minimum atomic E-state index is -0.642. The summed E-state index contributed by atoms with van der Waals surface area (Å²) in [6.45, 7) is 1.56. The zero-order valence-electron chi connectivity index (χ0n) is 18.0. The van der Waals surface area contributed by atoms with E-state index in [2.05, 4.69) is 5.32 Å². The zero-order valence-corrected chi connectivity index (χ0v) is 18.0. The van der Waals surface area contributed by atoms with E-state index in [0.29, 0.717) is 11.3 Å². The standard InChI is InChI=1S/C25H26N2O5/c1-16-6-8-17(9-7-16)22(28)15-32-25(31)18-10-12-20(13-11-18)27-23(29)14-21(24(27)30)26-19-4-2-3-5-19/h6-13,19,21,26H,2-5,14-15H2,1H3. The third kappa shape index (κ3) is 4.78. The number of amides is 2. The first-order chi connectivity index (χ1) is 15.4. The summed E-state index contributed by atoms with van der Waals surface area (Å²) in [4.78, 5) is 50.9. The van der Waals surface area contributed by atoms with Crippen LogP contribution in [0.1, 0.15) is 58.4 Å². The molecular formula is C25H26N2O5. The van der Waals surface area contributed by atoms with Crippen LogP contribution in [-0.2, 0) is 14.3 Å². The monoisotopic (exact) mass is 434 g/mol. The van der Waals surface area contributed by atoms with Gasteiger partial charge in [0.2, 0.25) is 5.91 Å². The molecule has 0 radical (unpaired) electrons. The fourth-order valence-electron chi connectivity index (χ4n) is 4.19. The quantitative estimate of drug-likeness (QED) is 0.409. The van der Waals surface area contributed by atoms with Gasteiger partial charge in [-0.05, 0) is 44.0 Å². The molecule has 0 bridgehead atoms. The van der Waals surface area contributed by atoms with E-state index in [-0.39, 0.29) is 42.2 Å². The number of ketones is 1. The molecule has 2 aliphatic rings. The molecule has 1 unspecified atom stereocenters. The number of hydrogen-bond donors (Lipinski definition) is 1. The van der Waals surface area contributed by atoms with Crippen LogP contribution in [0.4, 0.5) is 5.69 Å². The molecule has 1 saturated carbocycles. The van der Waals surface area contributed by atoms with Gasteiger partial charge in [0.25, 0.3) is 5.91 Å². The first-order valence-electron chi connectivity index (χ1n) is 10.9. The van der Waals surface area contributed by atoms with Crippen LogP contribution in [0, 0.1) is 6.92 Å². The normalized spacial score (nSPS) is 18.9. The van der Waals surface area contributed by atoms with Gasteiger partial charge in [0, 0.05) is 11.6 Å². The van der Waals surface area contributed by atoms with Crippen molar-refractivity contribution in [3.05, 3.63) is 65.2 Å². The Hall–Kier alpha value is -3.32. The van der Waals surface area contributed by atoms with E-state index >= 15 is 0 Å². The lowest BCUT2D eigenvalue weighted by Gasteiger charge is -2.18. The van der Waals surface area contributed by atoms with Crippen LogP contribution in [0.3, 0.4) is 0 Å². The van der Waals surface area contributed by atoms with Crippen molar-refractivity contribution in [2.45, 2.75) is 51.1 Å². The number of hydrogen-bond acceptors (Lipinski definition) is 6. The van der Waals surface area contributed by atoms with Crippen molar-refractivity contribution < 1.29 is 23.9 Å². The summed E-state index contributed by atoms with van der Waals surface area (Å²) < 4.78 is 5.13. The maximum atomic E-state index is 12.8. The molecule has 1 saturated heterocycles. The first kappa shape index (κ1) is 21.9. The lowest BCUT2D eigenvalue weighted by atomic mass is 10.1. The maximum Gasteiger partial charge on any atom is 0.338 e. The Morgan fingerprint density at radius 1 is 0.969 bits per heavy atom. The van der Waals surface area contributed by atoms with Crippen LogP contribution < -0.4 is 10.2 Å². The summed E-state index contributed by atoms with van der Waals surface area (Å²) in [6.07, 6.45) is 4.48. The second kappa shape index (κ2) is 9.44. The second-order valence-corrected chi connectivity index (χ2v) is 8.38. The van der Waals surface area contributed by atoms with Gasteiger partial charge < -0.3 is 10.1 Å². The average molecular weight is 434 g/mol. The highest BCUT2D eigenvalue weighted by molar-refractivity contribution is 6.22. The van der Waals surface area contributed by atoms with Gasteiger partial charge in [-0.2, -0.15) is 0 Å². The highest BCUT2D eigenvalue weighted by atomic mass is 16.5. The molecule has 32 heavy (non-hydrogen) atoms. The van der Waals surface area contributed by atoms with Gasteiger partial charge in [-0.25, -0.2) is 9.69 Å². The van der Waals surface area contributed by atoms with E-state index < -0.39 is 12.0 Å². The molecule has 1 heterocycles. The predicted octanol–water partition coefficient (Wildman–Crippen LogP) is 3.20. The highest BCUT2D eigenvalue weighted by Crippen LogP contribution is 2.26. The maximum absolute atomic E-state index is 12.8. The molecule has 0 aromatic heterocycles. The minimum Gasteiger partial charge on any atom is -0.454 e. The van der Waals surface area contributed by atoms with Crippen molar-refractivity contribution >= 4 is 29.3 Å². The Balaban J connectivity index is 1.35. The van der Waals surface area contributed by atoms with Crippen LogP contribution in [-0.4, -0.2) is 42.3 Å². The Kier molecular flexibility index (Phi) is 6.46. The number of anilines is 1. The molecule has 2 fully saturated rings. The van der Waals surface area contributed by atoms with Gasteiger partial charge in [0.05, 0.1) is 23.7 Å². The van der Waals surface area contributed by atoms with Crippen molar-refractivity contribution in [3.63, 3.8) is 0 Å². The van der Waals surface area contributed by atoms with Gasteiger partial charge in [0.15, 0.2) is 12.4 Å². The molecule has 2 amide bonds. The molecule has 1 atom stereocenters. The number of nitrogens with zero attached hydrogens (tertiary/aromatic N) is 1. The third-order valence-electron chi connectivity index (χ3n) is 6.01. The first-order valence-corrected chi connectivity index (χ1v) is 10.9. The fourth-order valence-corrected chi connectivity index (χ4v) is 4.19. The van der Waals surface area contributed by atoms with E-state index in [1.54, 1.807) is 24.3 Å². The number of imide groups is 1. The van der Waals surface area contributed by atoms with E-state index in [1.165, 1.54) is 17.0 Å². The number of ether oxygens (including phenoxy) is 1. The molecule has 7 nitrogen and oxygen atoms in total. The van der Waals surface area contributed by atoms with Gasteiger partial charge in [0.1, 0.15) is 0 Å². The summed E-state index contributed by atoms with van der Waals surface area (Å²) in [5.41, 5.74) is 2.17. The highest BCUT2D eigenvalue weighted by Gasteiger charge is 2.40. The zero-order chi connectivity index (χ0) is 22.7. The number of aryl methyl sites for hydroxylation is 1. The number of carbonyl (C=O) groups excluding carboxylic acids is 4. The summed E-state index contributed by atoms with van der Waals surface area (Å²) in [5.74, 6) is -1.45. The van der Waals surface area contributed by atoms with Crippen LogP contribution in [0.5, 0.6) is 0 Å². The molecule has 4 rings (SSSR count). The third-order valence-corrected chi connectivity index (χ3v) is 6.01. The number of esters is 1. The van der Waals surface area contributed by atoms with Crippen molar-refractivity contribution in [2.24, 2.45) is 0 Å². The number of rotatable bonds is 7. The average Bonchev–Trinajstić information content (AvgIpc) is 3.40. The van der Waals surface area contributed by atoms with Crippen molar-refractivity contribution in [2.75, 3.05) is 11.5 Å². The number of nitrogens with one attached hydrogen (secondary N) is 1. The molecule has 166 valence electrons. The van der Waals surface area contributed by atoms with Crippen LogP contribution in [0.15, 0.2) is 48.5 Å². The molecule has 1 aliphatic carbocycles. The van der Waals surface area contributed by atoms with Crippen LogP contribution >= 0.6 is 0 Å². The lowest BCUT2D eigenvalue weighted by Crippen LogP contribution is -2.42. The molecule has 0 spiro atoms. The minimum absolute atomic E-state index is 0.139. The number of Topliss-reactive ketones (excluding diaryl/α,β-unsaturated/α-hetero) is 1. The molecule has 7 heteroatoms. The second-order valence-electron chi connectivity index (χ2n) is 8.38. The van der Waals surface area contributed by atoms with Crippen molar-refractivity contribution in [3.8, 4) is 0 Å². The van der Waals surface area contributed by atoms with E-state index in [1.807, 2.05) is 19.1 Å². The molecule has 1 N–H and O–H groups in total. The van der Waals surface area contributed by atoms with Crippen molar-refractivity contribution in [1.82, 2.24) is 5.32 Å². The Bertz CT molecular complexity index is 1020. The molecule has 2 aromatic carbocycles. The summed E-state index contributed by atoms with van der Waals surface area (Å²) in [5, 5.41) is 3.31. The largest absolute Gasteiger partial charge is 0.454 e. The van der Waals surface area contributed by atoms with Gasteiger partial charge in [-0.1, -0.05) is 42.7 Å². The van der Waals surface area contributed by atoms with E-state index in [9.17, 15) is 19.2 Å². The fraction of sp³-hybridized carbons (Fsp3) is 0.360. The van der Waals surface area contributed by atoms with Crippen molar-refractivity contribution in [1.29, 1.82) is 0 Å². The topological polar surface area (TPSA) is 92.8 Å². The smallest absolute Gasteiger partial charge is 0.338 e. The Labute approximate surface area is 186 Å². The lowest BCUT2D eigenvalue weighted by molar-refractivity contribution is -0.121. The summed E-state index contributed by atoms with van der Waals surface area (Å²) in [6, 6.07) is 12.9. The van der Waals surface area contributed by atoms with Crippen LogP contribution in [0.25, 0.3) is 0 Å². The van der Waals surface area contributed by atoms with Gasteiger partial charge in [-0.3, -0.25) is 14.4 Å². The Morgan fingerprint density at radius 2 is 1.59 bits per heavy atom. The van der Waals surface area contributed by atoms with E-state index in [4.69, 9.17) is 4.74 Å². The molecule has 2 aromatic rings. The summed E-state index contributed by atoms with van der Waals surface area (Å²) in [7, 11) is 0. The SMILES string of the molecule is Cc1ccc(C(=O)COC(=O)c2ccc(N3C(=O)CC(NC4CCCC4)C3=O)cc2)cc1. The molecule has 1 aliphatic heterocycles. The summed E-state index contributed by atoms with van der Waals surface area (Å²) >= 11 is 0. The predicted molar refractivity (Wildman–Crippen MR) is 119 cm³/mol. The Morgan fingerprint density at radius 3 is 2.25 bits per heavy atom. The number of benzene rings is 2.